The third-order valence-electron chi connectivity index (χ3n) is 2.98. The van der Waals surface area contributed by atoms with Gasteiger partial charge >= 0.3 is 5.97 Å². The van der Waals surface area contributed by atoms with Gasteiger partial charge in [-0.25, -0.2) is 14.2 Å². The number of nitrogens with zero attached hydrogens (tertiary/aromatic N) is 1. The molecule has 0 aliphatic rings. The van der Waals surface area contributed by atoms with Crippen molar-refractivity contribution in [2.24, 2.45) is 0 Å². The average molecular weight is 264 g/mol. The van der Waals surface area contributed by atoms with Crippen molar-refractivity contribution in [3.8, 4) is 0 Å². The Balaban J connectivity index is 2.53. The lowest BCUT2D eigenvalue weighted by Crippen LogP contribution is -2.11. The highest BCUT2D eigenvalue weighted by Crippen LogP contribution is 2.28. The SMILES string of the molecule is Cc1cc(F)cc(C)c1C(O)c1[nH]cnc1C(=O)O. The van der Waals surface area contributed by atoms with E-state index in [0.717, 1.165) is 0 Å². The third-order valence-corrected chi connectivity index (χ3v) is 2.98. The molecule has 1 aromatic heterocycles. The molecular formula is C13H13FN2O3. The monoisotopic (exact) mass is 264 g/mol. The van der Waals surface area contributed by atoms with Crippen LogP contribution in [-0.4, -0.2) is 26.2 Å². The topological polar surface area (TPSA) is 86.2 Å². The number of carbonyl (C=O) groups is 1. The number of aliphatic hydroxyl groups is 1. The molecule has 0 saturated heterocycles. The van der Waals surface area contributed by atoms with Crippen LogP contribution in [0.3, 0.4) is 0 Å². The second-order valence-electron chi connectivity index (χ2n) is 4.33. The minimum absolute atomic E-state index is 0.0882. The summed E-state index contributed by atoms with van der Waals surface area (Å²) < 4.78 is 13.2. The molecule has 100 valence electrons. The van der Waals surface area contributed by atoms with E-state index < -0.39 is 17.9 Å². The van der Waals surface area contributed by atoms with Gasteiger partial charge in [0.15, 0.2) is 5.69 Å². The summed E-state index contributed by atoms with van der Waals surface area (Å²) in [5.74, 6) is -1.62. The smallest absolute Gasteiger partial charge is 0.356 e. The van der Waals surface area contributed by atoms with Crippen LogP contribution in [0.15, 0.2) is 18.5 Å². The summed E-state index contributed by atoms with van der Waals surface area (Å²) in [7, 11) is 0. The predicted molar refractivity (Wildman–Crippen MR) is 65.5 cm³/mol. The van der Waals surface area contributed by atoms with Gasteiger partial charge in [0, 0.05) is 0 Å². The molecule has 5 nitrogen and oxygen atoms in total. The summed E-state index contributed by atoms with van der Waals surface area (Å²) in [5.41, 5.74) is 1.43. The van der Waals surface area contributed by atoms with Crippen molar-refractivity contribution in [3.05, 3.63) is 52.4 Å². The number of aryl methyl sites for hydroxylation is 2. The molecule has 0 fully saturated rings. The standard InChI is InChI=1S/C13H13FN2O3/c1-6-3-8(14)4-7(2)9(6)12(17)10-11(13(18)19)16-5-15-10/h3-5,12,17H,1-2H3,(H,15,16)(H,18,19). The zero-order valence-corrected chi connectivity index (χ0v) is 10.4. The number of H-pyrrole nitrogens is 1. The summed E-state index contributed by atoms with van der Waals surface area (Å²) in [6.45, 7) is 3.32. The van der Waals surface area contributed by atoms with Crippen LogP contribution >= 0.6 is 0 Å². The minimum atomic E-state index is -1.23. The number of benzene rings is 1. The van der Waals surface area contributed by atoms with Gasteiger partial charge in [-0.2, -0.15) is 0 Å². The van der Waals surface area contributed by atoms with Crippen molar-refractivity contribution in [2.45, 2.75) is 20.0 Å². The zero-order chi connectivity index (χ0) is 14.2. The van der Waals surface area contributed by atoms with Crippen molar-refractivity contribution in [1.29, 1.82) is 0 Å². The van der Waals surface area contributed by atoms with Crippen LogP contribution in [0.2, 0.25) is 0 Å². The fourth-order valence-electron chi connectivity index (χ4n) is 2.18. The normalized spacial score (nSPS) is 12.4. The molecule has 0 spiro atoms. The molecular weight excluding hydrogens is 251 g/mol. The fraction of sp³-hybridized carbons (Fsp3) is 0.231. The number of hydrogen-bond donors (Lipinski definition) is 3. The van der Waals surface area contributed by atoms with Gasteiger partial charge < -0.3 is 15.2 Å². The van der Waals surface area contributed by atoms with Crippen LogP contribution < -0.4 is 0 Å². The molecule has 6 heteroatoms. The van der Waals surface area contributed by atoms with E-state index >= 15 is 0 Å². The van der Waals surface area contributed by atoms with Crippen molar-refractivity contribution in [1.82, 2.24) is 9.97 Å². The van der Waals surface area contributed by atoms with Gasteiger partial charge in [-0.1, -0.05) is 0 Å². The lowest BCUT2D eigenvalue weighted by Gasteiger charge is -2.16. The van der Waals surface area contributed by atoms with Crippen molar-refractivity contribution >= 4 is 5.97 Å². The summed E-state index contributed by atoms with van der Waals surface area (Å²) in [6.07, 6.45) is 0.0186. The summed E-state index contributed by atoms with van der Waals surface area (Å²) in [4.78, 5) is 17.3. The quantitative estimate of drug-likeness (QED) is 0.790. The maximum atomic E-state index is 13.2. The molecule has 3 N–H and O–H groups in total. The molecule has 1 aromatic carbocycles. The van der Waals surface area contributed by atoms with E-state index in [1.165, 1.54) is 18.5 Å². The number of carboxylic acid groups (broad SMARTS) is 1. The Hall–Kier alpha value is -2.21. The van der Waals surface area contributed by atoms with E-state index in [0.29, 0.717) is 16.7 Å². The second-order valence-corrected chi connectivity index (χ2v) is 4.33. The number of aromatic amines is 1. The summed E-state index contributed by atoms with van der Waals surface area (Å²) in [5, 5.41) is 19.3. The molecule has 1 unspecified atom stereocenters. The van der Waals surface area contributed by atoms with Crippen LogP contribution in [-0.2, 0) is 0 Å². The molecule has 2 rings (SSSR count). The third kappa shape index (κ3) is 2.34. The van der Waals surface area contributed by atoms with Gasteiger partial charge in [0.25, 0.3) is 0 Å². The van der Waals surface area contributed by atoms with E-state index in [-0.39, 0.29) is 11.4 Å². The number of imidazole rings is 1. The van der Waals surface area contributed by atoms with Gasteiger partial charge in [0.05, 0.1) is 12.0 Å². The summed E-state index contributed by atoms with van der Waals surface area (Å²) >= 11 is 0. The zero-order valence-electron chi connectivity index (χ0n) is 10.4. The number of aromatic carboxylic acids is 1. The second kappa shape index (κ2) is 4.81. The fourth-order valence-corrected chi connectivity index (χ4v) is 2.18. The summed E-state index contributed by atoms with van der Waals surface area (Å²) in [6, 6.07) is 2.59. The van der Waals surface area contributed by atoms with Crippen molar-refractivity contribution in [3.63, 3.8) is 0 Å². The maximum Gasteiger partial charge on any atom is 0.356 e. The molecule has 19 heavy (non-hydrogen) atoms. The Labute approximate surface area is 108 Å². The van der Waals surface area contributed by atoms with Crippen LogP contribution in [0.1, 0.15) is 39.0 Å². The highest BCUT2D eigenvalue weighted by molar-refractivity contribution is 5.87. The molecule has 0 aliphatic carbocycles. The molecule has 1 atom stereocenters. The highest BCUT2D eigenvalue weighted by Gasteiger charge is 2.24. The molecule has 2 aromatic rings. The van der Waals surface area contributed by atoms with Gasteiger partial charge in [-0.15, -0.1) is 0 Å². The Morgan fingerprint density at radius 2 is 1.95 bits per heavy atom. The first-order valence-corrected chi connectivity index (χ1v) is 5.63. The van der Waals surface area contributed by atoms with Gasteiger partial charge in [-0.05, 0) is 42.7 Å². The first-order chi connectivity index (χ1) is 8.91. The highest BCUT2D eigenvalue weighted by atomic mass is 19.1. The number of rotatable bonds is 3. The number of halogens is 1. The Kier molecular flexibility index (Phi) is 3.35. The lowest BCUT2D eigenvalue weighted by molar-refractivity contribution is 0.0685. The van der Waals surface area contributed by atoms with Gasteiger partial charge in [0.1, 0.15) is 11.9 Å². The Bertz CT molecular complexity index is 614. The Morgan fingerprint density at radius 3 is 2.47 bits per heavy atom. The molecule has 0 amide bonds. The first kappa shape index (κ1) is 13.2. The number of nitrogens with one attached hydrogen (secondary N) is 1. The average Bonchev–Trinajstić information content (AvgIpc) is 2.75. The molecule has 0 radical (unpaired) electrons. The molecule has 0 aliphatic heterocycles. The van der Waals surface area contributed by atoms with Crippen LogP contribution in [0.4, 0.5) is 4.39 Å². The molecule has 0 saturated carbocycles. The largest absolute Gasteiger partial charge is 0.476 e. The van der Waals surface area contributed by atoms with E-state index in [2.05, 4.69) is 9.97 Å². The first-order valence-electron chi connectivity index (χ1n) is 5.63. The molecule has 0 bridgehead atoms. The van der Waals surface area contributed by atoms with Crippen LogP contribution in [0.25, 0.3) is 0 Å². The van der Waals surface area contributed by atoms with Crippen LogP contribution in [0.5, 0.6) is 0 Å². The lowest BCUT2D eigenvalue weighted by atomic mass is 9.95. The molecule has 1 heterocycles. The van der Waals surface area contributed by atoms with E-state index in [4.69, 9.17) is 5.11 Å². The van der Waals surface area contributed by atoms with Crippen molar-refractivity contribution < 1.29 is 19.4 Å². The van der Waals surface area contributed by atoms with Gasteiger partial charge in [-0.3, -0.25) is 0 Å². The van der Waals surface area contributed by atoms with E-state index in [1.54, 1.807) is 13.8 Å². The number of aliphatic hydroxyl groups excluding tert-OH is 1. The number of hydrogen-bond acceptors (Lipinski definition) is 3. The van der Waals surface area contributed by atoms with Crippen molar-refractivity contribution in [2.75, 3.05) is 0 Å². The minimum Gasteiger partial charge on any atom is -0.476 e. The van der Waals surface area contributed by atoms with Gasteiger partial charge in [0.2, 0.25) is 0 Å². The van der Waals surface area contributed by atoms with Crippen LogP contribution in [0, 0.1) is 19.7 Å². The van der Waals surface area contributed by atoms with E-state index in [9.17, 15) is 14.3 Å². The van der Waals surface area contributed by atoms with E-state index in [1.807, 2.05) is 0 Å². The number of carboxylic acids is 1. The Morgan fingerprint density at radius 1 is 1.37 bits per heavy atom. The number of aromatic nitrogens is 2. The predicted octanol–water partition coefficient (Wildman–Crippen LogP) is 1.95. The maximum absolute atomic E-state index is 13.2.